The number of ether oxygens (including phenoxy) is 1. The van der Waals surface area contributed by atoms with Crippen LogP contribution < -0.4 is 0 Å². The summed E-state index contributed by atoms with van der Waals surface area (Å²) < 4.78 is 10.1. The third-order valence-electron chi connectivity index (χ3n) is 5.86. The van der Waals surface area contributed by atoms with Crippen molar-refractivity contribution in [3.8, 4) is 11.4 Å². The summed E-state index contributed by atoms with van der Waals surface area (Å²) in [7, 11) is 1.36. The highest BCUT2D eigenvalue weighted by molar-refractivity contribution is 5.89. The zero-order chi connectivity index (χ0) is 21.6. The number of piperidine rings is 1. The maximum Gasteiger partial charge on any atom is 0.337 e. The summed E-state index contributed by atoms with van der Waals surface area (Å²) in [5.74, 6) is 0.996. The Bertz CT molecular complexity index is 980. The second-order valence-electron chi connectivity index (χ2n) is 7.95. The number of likely N-dealkylation sites (tertiary alicyclic amines) is 1. The SMILES string of the molecule is COC(=O)c1ccc(-c2noc(CN3CCC(C(O)Cc4ccccc4)CC3)n2)cc1. The highest BCUT2D eigenvalue weighted by Crippen LogP contribution is 2.24. The van der Waals surface area contributed by atoms with Gasteiger partial charge in [-0.2, -0.15) is 4.98 Å². The van der Waals surface area contributed by atoms with E-state index < -0.39 is 0 Å². The van der Waals surface area contributed by atoms with Gasteiger partial charge in [-0.3, -0.25) is 4.90 Å². The van der Waals surface area contributed by atoms with Crippen molar-refractivity contribution in [3.05, 3.63) is 71.6 Å². The number of rotatable bonds is 7. The van der Waals surface area contributed by atoms with Crippen molar-refractivity contribution < 1.29 is 19.2 Å². The van der Waals surface area contributed by atoms with Crippen LogP contribution in [-0.4, -0.2) is 52.4 Å². The third-order valence-corrected chi connectivity index (χ3v) is 5.86. The molecule has 31 heavy (non-hydrogen) atoms. The van der Waals surface area contributed by atoms with Gasteiger partial charge in [0.2, 0.25) is 11.7 Å². The Hall–Kier alpha value is -3.03. The van der Waals surface area contributed by atoms with Crippen LogP contribution in [0.3, 0.4) is 0 Å². The van der Waals surface area contributed by atoms with Gasteiger partial charge in [-0.05, 0) is 56.0 Å². The Morgan fingerprint density at radius 2 is 1.87 bits per heavy atom. The van der Waals surface area contributed by atoms with Crippen LogP contribution in [0.25, 0.3) is 11.4 Å². The van der Waals surface area contributed by atoms with E-state index >= 15 is 0 Å². The van der Waals surface area contributed by atoms with Crippen molar-refractivity contribution in [1.29, 1.82) is 0 Å². The van der Waals surface area contributed by atoms with Crippen LogP contribution in [0.1, 0.15) is 34.7 Å². The van der Waals surface area contributed by atoms with E-state index in [0.717, 1.165) is 31.5 Å². The average molecular weight is 421 g/mol. The molecule has 0 aliphatic carbocycles. The molecule has 162 valence electrons. The molecule has 0 bridgehead atoms. The fourth-order valence-corrected chi connectivity index (χ4v) is 4.02. The topological polar surface area (TPSA) is 88.7 Å². The Kier molecular flexibility index (Phi) is 6.74. The Labute approximate surface area is 181 Å². The van der Waals surface area contributed by atoms with Gasteiger partial charge < -0.3 is 14.4 Å². The molecule has 1 fully saturated rings. The molecule has 1 aliphatic rings. The van der Waals surface area contributed by atoms with Gasteiger partial charge in [0.25, 0.3) is 0 Å². The average Bonchev–Trinajstić information content (AvgIpc) is 3.28. The highest BCUT2D eigenvalue weighted by atomic mass is 16.5. The van der Waals surface area contributed by atoms with Gasteiger partial charge in [-0.1, -0.05) is 47.6 Å². The maximum atomic E-state index is 11.6. The number of carbonyl (C=O) groups excluding carboxylic acids is 1. The number of aromatic nitrogens is 2. The van der Waals surface area contributed by atoms with E-state index in [2.05, 4.69) is 27.2 Å². The van der Waals surface area contributed by atoms with Gasteiger partial charge >= 0.3 is 5.97 Å². The first kappa shape index (κ1) is 21.2. The molecule has 1 unspecified atom stereocenters. The second kappa shape index (κ2) is 9.85. The predicted molar refractivity (Wildman–Crippen MR) is 115 cm³/mol. The van der Waals surface area contributed by atoms with E-state index in [-0.39, 0.29) is 12.1 Å². The van der Waals surface area contributed by atoms with Crippen molar-refractivity contribution in [2.75, 3.05) is 20.2 Å². The number of aliphatic hydroxyl groups is 1. The van der Waals surface area contributed by atoms with Crippen molar-refractivity contribution in [2.45, 2.75) is 31.9 Å². The third kappa shape index (κ3) is 5.37. The maximum absolute atomic E-state index is 11.6. The summed E-state index contributed by atoms with van der Waals surface area (Å²) >= 11 is 0. The van der Waals surface area contributed by atoms with Crippen molar-refractivity contribution >= 4 is 5.97 Å². The van der Waals surface area contributed by atoms with Gasteiger partial charge in [0.15, 0.2) is 0 Å². The summed E-state index contributed by atoms with van der Waals surface area (Å²) in [4.78, 5) is 18.3. The van der Waals surface area contributed by atoms with E-state index in [1.807, 2.05) is 18.2 Å². The first-order chi connectivity index (χ1) is 15.1. The summed E-state index contributed by atoms with van der Waals surface area (Å²) in [6.07, 6.45) is 2.29. The fourth-order valence-electron chi connectivity index (χ4n) is 4.02. The van der Waals surface area contributed by atoms with Crippen LogP contribution in [0, 0.1) is 5.92 Å². The highest BCUT2D eigenvalue weighted by Gasteiger charge is 2.26. The lowest BCUT2D eigenvalue weighted by Crippen LogP contribution is -2.38. The molecule has 7 heteroatoms. The molecule has 1 saturated heterocycles. The lowest BCUT2D eigenvalue weighted by atomic mass is 9.88. The van der Waals surface area contributed by atoms with E-state index in [4.69, 9.17) is 9.26 Å². The van der Waals surface area contributed by atoms with E-state index in [9.17, 15) is 9.90 Å². The standard InChI is InChI=1S/C24H27N3O4/c1-30-24(29)20-9-7-19(8-10-20)23-25-22(31-26-23)16-27-13-11-18(12-14-27)21(28)15-17-5-3-2-4-6-17/h2-10,18,21,28H,11-16H2,1H3. The van der Waals surface area contributed by atoms with Gasteiger partial charge in [0.05, 0.1) is 25.3 Å². The Morgan fingerprint density at radius 3 is 2.55 bits per heavy atom. The van der Waals surface area contributed by atoms with Crippen LogP contribution >= 0.6 is 0 Å². The van der Waals surface area contributed by atoms with Gasteiger partial charge in [-0.15, -0.1) is 0 Å². The number of benzene rings is 2. The zero-order valence-corrected chi connectivity index (χ0v) is 17.6. The number of methoxy groups -OCH3 is 1. The minimum Gasteiger partial charge on any atom is -0.465 e. The van der Waals surface area contributed by atoms with Crippen LogP contribution in [0.4, 0.5) is 0 Å². The van der Waals surface area contributed by atoms with Gasteiger partial charge in [-0.25, -0.2) is 4.79 Å². The summed E-state index contributed by atoms with van der Waals surface area (Å²) in [6.45, 7) is 2.37. The van der Waals surface area contributed by atoms with Crippen LogP contribution in [-0.2, 0) is 17.7 Å². The first-order valence-corrected chi connectivity index (χ1v) is 10.6. The molecule has 1 N–H and O–H groups in total. The minimum absolute atomic E-state index is 0.308. The Balaban J connectivity index is 1.28. The normalized spacial score (nSPS) is 16.2. The number of aliphatic hydroxyl groups excluding tert-OH is 1. The van der Waals surface area contributed by atoms with Crippen LogP contribution in [0.2, 0.25) is 0 Å². The molecule has 2 aromatic carbocycles. The number of hydrogen-bond acceptors (Lipinski definition) is 7. The molecule has 0 radical (unpaired) electrons. The molecule has 7 nitrogen and oxygen atoms in total. The lowest BCUT2D eigenvalue weighted by Gasteiger charge is -2.33. The largest absolute Gasteiger partial charge is 0.465 e. The molecule has 3 aromatic rings. The summed E-state index contributed by atoms with van der Waals surface area (Å²) in [5.41, 5.74) is 2.44. The van der Waals surface area contributed by atoms with Crippen LogP contribution in [0.15, 0.2) is 59.1 Å². The molecule has 1 atom stereocenters. The van der Waals surface area contributed by atoms with Gasteiger partial charge in [0, 0.05) is 5.56 Å². The molecule has 0 amide bonds. The van der Waals surface area contributed by atoms with E-state index in [1.54, 1.807) is 24.3 Å². The molecular formula is C24H27N3O4. The quantitative estimate of drug-likeness (QED) is 0.585. The number of hydrogen-bond donors (Lipinski definition) is 1. The molecule has 4 rings (SSSR count). The monoisotopic (exact) mass is 421 g/mol. The molecule has 0 spiro atoms. The zero-order valence-electron chi connectivity index (χ0n) is 17.6. The van der Waals surface area contributed by atoms with E-state index in [0.29, 0.717) is 36.2 Å². The predicted octanol–water partition coefficient (Wildman–Crippen LogP) is 3.34. The minimum atomic E-state index is -0.377. The molecular weight excluding hydrogens is 394 g/mol. The smallest absolute Gasteiger partial charge is 0.337 e. The molecule has 1 aliphatic heterocycles. The lowest BCUT2D eigenvalue weighted by molar-refractivity contribution is 0.0546. The number of nitrogens with zero attached hydrogens (tertiary/aromatic N) is 3. The first-order valence-electron chi connectivity index (χ1n) is 10.6. The molecule has 0 saturated carbocycles. The molecule has 1 aromatic heterocycles. The molecule has 2 heterocycles. The fraction of sp³-hybridized carbons (Fsp3) is 0.375. The van der Waals surface area contributed by atoms with Crippen molar-refractivity contribution in [3.63, 3.8) is 0 Å². The Morgan fingerprint density at radius 1 is 1.16 bits per heavy atom. The van der Waals surface area contributed by atoms with E-state index in [1.165, 1.54) is 12.7 Å². The van der Waals surface area contributed by atoms with Crippen LogP contribution in [0.5, 0.6) is 0 Å². The summed E-state index contributed by atoms with van der Waals surface area (Å²) in [5, 5.41) is 14.7. The van der Waals surface area contributed by atoms with Crippen molar-refractivity contribution in [2.24, 2.45) is 5.92 Å². The van der Waals surface area contributed by atoms with Crippen molar-refractivity contribution in [1.82, 2.24) is 15.0 Å². The van der Waals surface area contributed by atoms with Gasteiger partial charge in [0.1, 0.15) is 0 Å². The number of carbonyl (C=O) groups is 1. The number of esters is 1. The summed E-state index contributed by atoms with van der Waals surface area (Å²) in [6, 6.07) is 17.1. The second-order valence-corrected chi connectivity index (χ2v) is 7.95.